The Balaban J connectivity index is 2.31. The van der Waals surface area contributed by atoms with E-state index in [0.29, 0.717) is 6.54 Å². The van der Waals surface area contributed by atoms with Gasteiger partial charge in [-0.2, -0.15) is 0 Å². The first-order valence-electron chi connectivity index (χ1n) is 6.04. The Morgan fingerprint density at radius 3 is 3.06 bits per heavy atom. The zero-order chi connectivity index (χ0) is 11.8. The van der Waals surface area contributed by atoms with E-state index >= 15 is 0 Å². The first-order valence-corrected chi connectivity index (χ1v) is 6.04. The van der Waals surface area contributed by atoms with Crippen molar-refractivity contribution in [1.82, 2.24) is 10.3 Å². The van der Waals surface area contributed by atoms with E-state index in [1.807, 2.05) is 18.2 Å². The third kappa shape index (κ3) is 1.72. The number of benzene rings is 1. The minimum absolute atomic E-state index is 0.490. The van der Waals surface area contributed by atoms with Crippen LogP contribution >= 0.6 is 0 Å². The maximum absolute atomic E-state index is 10.1. The molecule has 1 atom stereocenters. The lowest BCUT2D eigenvalue weighted by Crippen LogP contribution is -2.20. The Kier molecular flexibility index (Phi) is 2.57. The molecule has 1 aromatic carbocycles. The lowest BCUT2D eigenvalue weighted by molar-refractivity contribution is 0.173. The minimum atomic E-state index is -0.490. The summed E-state index contributed by atoms with van der Waals surface area (Å²) in [5.41, 5.74) is 4.30. The number of aliphatic hydroxyl groups excluding tert-OH is 1. The molecular formula is C14H16N2O. The summed E-state index contributed by atoms with van der Waals surface area (Å²) in [5.74, 6) is 0. The molecule has 2 aromatic rings. The highest BCUT2D eigenvalue weighted by atomic mass is 16.3. The predicted molar refractivity (Wildman–Crippen MR) is 68.0 cm³/mol. The van der Waals surface area contributed by atoms with E-state index in [-0.39, 0.29) is 0 Å². The van der Waals surface area contributed by atoms with E-state index < -0.39 is 6.10 Å². The van der Waals surface area contributed by atoms with Crippen molar-refractivity contribution >= 4 is 10.9 Å². The molecule has 0 fully saturated rings. The average Bonchev–Trinajstić information content (AvgIpc) is 2.53. The lowest BCUT2D eigenvalue weighted by Gasteiger charge is -2.14. The van der Waals surface area contributed by atoms with Crippen LogP contribution in [0.4, 0.5) is 0 Å². The monoisotopic (exact) mass is 228 g/mol. The Labute approximate surface area is 100 Å². The van der Waals surface area contributed by atoms with Crippen molar-refractivity contribution in [3.63, 3.8) is 0 Å². The number of fused-ring (bicyclic) bond motifs is 2. The van der Waals surface area contributed by atoms with E-state index in [2.05, 4.69) is 23.3 Å². The van der Waals surface area contributed by atoms with Crippen LogP contribution in [-0.2, 0) is 6.42 Å². The molecule has 1 aromatic heterocycles. The minimum Gasteiger partial charge on any atom is -0.385 e. The van der Waals surface area contributed by atoms with Crippen molar-refractivity contribution in [3.8, 4) is 0 Å². The molecule has 3 rings (SSSR count). The summed E-state index contributed by atoms with van der Waals surface area (Å²) in [4.78, 5) is 4.63. The molecule has 0 aliphatic carbocycles. The first kappa shape index (κ1) is 10.7. The summed E-state index contributed by atoms with van der Waals surface area (Å²) >= 11 is 0. The third-order valence-electron chi connectivity index (χ3n) is 3.52. The van der Waals surface area contributed by atoms with Gasteiger partial charge in [0, 0.05) is 11.9 Å². The molecule has 88 valence electrons. The highest BCUT2D eigenvalue weighted by Gasteiger charge is 2.20. The Bertz CT molecular complexity index is 565. The van der Waals surface area contributed by atoms with Gasteiger partial charge in [0.2, 0.25) is 0 Å². The number of hydrogen-bond donors (Lipinski definition) is 2. The molecule has 1 aliphatic heterocycles. The fraction of sp³-hybridized carbons (Fsp3) is 0.357. The second-order valence-electron chi connectivity index (χ2n) is 4.59. The molecule has 3 heteroatoms. The Hall–Kier alpha value is -1.45. The summed E-state index contributed by atoms with van der Waals surface area (Å²) in [5, 5.41) is 14.5. The molecular weight excluding hydrogens is 212 g/mol. The molecule has 0 spiro atoms. The van der Waals surface area contributed by atoms with Gasteiger partial charge in [-0.05, 0) is 37.1 Å². The van der Waals surface area contributed by atoms with Crippen LogP contribution in [0.15, 0.2) is 24.3 Å². The highest BCUT2D eigenvalue weighted by molar-refractivity contribution is 5.83. The van der Waals surface area contributed by atoms with Gasteiger partial charge in [0.05, 0.1) is 11.2 Å². The fourth-order valence-corrected chi connectivity index (χ4v) is 2.58. The highest BCUT2D eigenvalue weighted by Crippen LogP contribution is 2.27. The summed E-state index contributed by atoms with van der Waals surface area (Å²) < 4.78 is 0. The van der Waals surface area contributed by atoms with Crippen molar-refractivity contribution < 1.29 is 5.11 Å². The van der Waals surface area contributed by atoms with Crippen LogP contribution in [0, 0.1) is 6.92 Å². The van der Waals surface area contributed by atoms with Crippen molar-refractivity contribution in [2.75, 3.05) is 13.1 Å². The molecule has 0 radical (unpaired) electrons. The van der Waals surface area contributed by atoms with Gasteiger partial charge in [-0.25, -0.2) is 4.98 Å². The zero-order valence-electron chi connectivity index (χ0n) is 9.90. The molecule has 0 unspecified atom stereocenters. The smallest absolute Gasteiger partial charge is 0.109 e. The van der Waals surface area contributed by atoms with Crippen LogP contribution in [0.3, 0.4) is 0 Å². The molecule has 0 saturated heterocycles. The Morgan fingerprint density at radius 2 is 2.18 bits per heavy atom. The van der Waals surface area contributed by atoms with Crippen LogP contribution in [0.1, 0.15) is 22.9 Å². The van der Waals surface area contributed by atoms with Crippen LogP contribution < -0.4 is 5.32 Å². The van der Waals surface area contributed by atoms with E-state index in [4.69, 9.17) is 0 Å². The number of aliphatic hydroxyl groups is 1. The summed E-state index contributed by atoms with van der Waals surface area (Å²) in [6.45, 7) is 3.63. The molecule has 0 bridgehead atoms. The maximum atomic E-state index is 10.1. The van der Waals surface area contributed by atoms with Gasteiger partial charge in [-0.15, -0.1) is 0 Å². The fourth-order valence-electron chi connectivity index (χ4n) is 2.58. The quantitative estimate of drug-likeness (QED) is 0.721. The van der Waals surface area contributed by atoms with Crippen molar-refractivity contribution in [1.29, 1.82) is 0 Å². The van der Waals surface area contributed by atoms with Crippen molar-refractivity contribution in [3.05, 3.63) is 41.1 Å². The van der Waals surface area contributed by atoms with Gasteiger partial charge in [-0.3, -0.25) is 0 Å². The second-order valence-corrected chi connectivity index (χ2v) is 4.59. The SMILES string of the molecule is Cc1c2c(nc3ccccc13)[C@@H](O)CNCC2. The van der Waals surface area contributed by atoms with Gasteiger partial charge in [0.25, 0.3) is 0 Å². The molecule has 2 N–H and O–H groups in total. The standard InChI is InChI=1S/C14H16N2O/c1-9-10-4-2-3-5-12(10)16-14-11(9)6-7-15-8-13(14)17/h2-5,13,15,17H,6-8H2,1H3/t13-/m0/s1. The number of aryl methyl sites for hydroxylation is 1. The van der Waals surface area contributed by atoms with E-state index in [1.54, 1.807) is 0 Å². The van der Waals surface area contributed by atoms with Gasteiger partial charge >= 0.3 is 0 Å². The third-order valence-corrected chi connectivity index (χ3v) is 3.52. The summed E-state index contributed by atoms with van der Waals surface area (Å²) in [6, 6.07) is 8.13. The summed E-state index contributed by atoms with van der Waals surface area (Å²) in [7, 11) is 0. The molecule has 1 aliphatic rings. The van der Waals surface area contributed by atoms with E-state index in [9.17, 15) is 5.11 Å². The normalized spacial score (nSPS) is 20.0. The van der Waals surface area contributed by atoms with Gasteiger partial charge < -0.3 is 10.4 Å². The molecule has 2 heterocycles. The number of aromatic nitrogens is 1. The number of nitrogens with zero attached hydrogens (tertiary/aromatic N) is 1. The second kappa shape index (κ2) is 4.09. The molecule has 0 saturated carbocycles. The van der Waals surface area contributed by atoms with Crippen molar-refractivity contribution in [2.45, 2.75) is 19.4 Å². The van der Waals surface area contributed by atoms with Gasteiger partial charge in [0.15, 0.2) is 0 Å². The van der Waals surface area contributed by atoms with Crippen molar-refractivity contribution in [2.24, 2.45) is 0 Å². The number of hydrogen-bond acceptors (Lipinski definition) is 3. The van der Waals surface area contributed by atoms with Gasteiger partial charge in [0.1, 0.15) is 6.10 Å². The van der Waals surface area contributed by atoms with Crippen LogP contribution in [0.2, 0.25) is 0 Å². The Morgan fingerprint density at radius 1 is 1.35 bits per heavy atom. The zero-order valence-corrected chi connectivity index (χ0v) is 9.90. The molecule has 17 heavy (non-hydrogen) atoms. The van der Waals surface area contributed by atoms with Crippen LogP contribution in [0.5, 0.6) is 0 Å². The largest absolute Gasteiger partial charge is 0.385 e. The first-order chi connectivity index (χ1) is 8.27. The van der Waals surface area contributed by atoms with E-state index in [1.165, 1.54) is 16.5 Å². The number of pyridine rings is 1. The number of β-amino-alcohol motifs (C(OH)–C–C–N with tert-alkyl or cyclic N) is 1. The average molecular weight is 228 g/mol. The number of nitrogens with one attached hydrogen (secondary N) is 1. The van der Waals surface area contributed by atoms with Crippen LogP contribution in [-0.4, -0.2) is 23.2 Å². The van der Waals surface area contributed by atoms with Crippen LogP contribution in [0.25, 0.3) is 10.9 Å². The summed E-state index contributed by atoms with van der Waals surface area (Å²) in [6.07, 6.45) is 0.451. The predicted octanol–water partition coefficient (Wildman–Crippen LogP) is 1.72. The maximum Gasteiger partial charge on any atom is 0.109 e. The molecule has 3 nitrogen and oxygen atoms in total. The number of rotatable bonds is 0. The van der Waals surface area contributed by atoms with Gasteiger partial charge in [-0.1, -0.05) is 18.2 Å². The number of para-hydroxylation sites is 1. The van der Waals surface area contributed by atoms with E-state index in [0.717, 1.165) is 24.2 Å². The lowest BCUT2D eigenvalue weighted by atomic mass is 9.98. The topological polar surface area (TPSA) is 45.2 Å². The molecule has 0 amide bonds.